The Morgan fingerprint density at radius 3 is 2.82 bits per heavy atom. The number of aliphatic hydroxyl groups is 2. The van der Waals surface area contributed by atoms with Crippen LogP contribution in [0, 0.1) is 0 Å². The van der Waals surface area contributed by atoms with Crippen LogP contribution in [-0.2, 0) is 22.4 Å². The Morgan fingerprint density at radius 2 is 2.04 bits per heavy atom. The largest absolute Gasteiger partial charge is 0.393 e. The van der Waals surface area contributed by atoms with Crippen LogP contribution in [0.5, 0.6) is 0 Å². The molecule has 1 aromatic carbocycles. The van der Waals surface area contributed by atoms with Crippen molar-refractivity contribution in [1.29, 1.82) is 0 Å². The summed E-state index contributed by atoms with van der Waals surface area (Å²) in [6.45, 7) is -0.624. The van der Waals surface area contributed by atoms with Crippen LogP contribution >= 0.6 is 0 Å². The summed E-state index contributed by atoms with van der Waals surface area (Å²) in [4.78, 5) is 28.6. The average Bonchev–Trinajstić information content (AvgIpc) is 3.04. The van der Waals surface area contributed by atoms with Gasteiger partial charge in [-0.2, -0.15) is 0 Å². The molecule has 0 fully saturated rings. The monoisotopic (exact) mass is 379 g/mol. The minimum absolute atomic E-state index is 0.179. The topological polar surface area (TPSA) is 112 Å². The van der Waals surface area contributed by atoms with Crippen molar-refractivity contribution in [3.05, 3.63) is 52.7 Å². The molecule has 4 rings (SSSR count). The maximum Gasteiger partial charge on any atom is 0.257 e. The maximum absolute atomic E-state index is 12.4. The molecule has 4 N–H and O–H groups in total. The number of carbonyl (C=O) groups excluding carboxylic acids is 2. The van der Waals surface area contributed by atoms with Crippen molar-refractivity contribution < 1.29 is 19.8 Å². The summed E-state index contributed by atoms with van der Waals surface area (Å²) >= 11 is 0. The van der Waals surface area contributed by atoms with E-state index in [9.17, 15) is 14.7 Å². The molecule has 7 nitrogen and oxygen atoms in total. The van der Waals surface area contributed by atoms with E-state index in [0.29, 0.717) is 17.1 Å². The Kier molecular flexibility index (Phi) is 4.93. The Bertz CT molecular complexity index is 984. The lowest BCUT2D eigenvalue weighted by Crippen LogP contribution is -2.31. The third kappa shape index (κ3) is 3.30. The van der Waals surface area contributed by atoms with Gasteiger partial charge in [0.05, 0.1) is 12.2 Å². The highest BCUT2D eigenvalue weighted by atomic mass is 16.3. The quantitative estimate of drug-likeness (QED) is 0.605. The maximum atomic E-state index is 12.4. The molecule has 144 valence electrons. The van der Waals surface area contributed by atoms with Crippen LogP contribution in [0.1, 0.15) is 35.1 Å². The summed E-state index contributed by atoms with van der Waals surface area (Å²) < 4.78 is 0. The lowest BCUT2D eigenvalue weighted by Gasteiger charge is -2.22. The van der Waals surface area contributed by atoms with Gasteiger partial charge in [0.25, 0.3) is 11.8 Å². The zero-order valence-electron chi connectivity index (χ0n) is 15.2. The van der Waals surface area contributed by atoms with Gasteiger partial charge < -0.3 is 20.8 Å². The second kappa shape index (κ2) is 7.53. The molecule has 2 aromatic rings. The Labute approximate surface area is 162 Å². The molecule has 0 spiro atoms. The van der Waals surface area contributed by atoms with E-state index in [2.05, 4.69) is 15.6 Å². The van der Waals surface area contributed by atoms with E-state index in [-0.39, 0.29) is 5.91 Å². The minimum atomic E-state index is -1.45. The van der Waals surface area contributed by atoms with E-state index in [4.69, 9.17) is 5.11 Å². The number of aromatic nitrogens is 1. The van der Waals surface area contributed by atoms with E-state index in [1.54, 1.807) is 18.3 Å². The molecule has 1 aliphatic carbocycles. The van der Waals surface area contributed by atoms with Crippen LogP contribution in [0.25, 0.3) is 11.6 Å². The summed E-state index contributed by atoms with van der Waals surface area (Å²) in [6, 6.07) is 7.33. The predicted molar refractivity (Wildman–Crippen MR) is 106 cm³/mol. The van der Waals surface area contributed by atoms with Crippen molar-refractivity contribution in [3.8, 4) is 0 Å². The number of aliphatic hydroxyl groups excluding tert-OH is 2. The molecule has 1 aromatic heterocycles. The second-order valence-electron chi connectivity index (χ2n) is 6.97. The molecular formula is C21H21N3O4. The van der Waals surface area contributed by atoms with Crippen LogP contribution in [-0.4, -0.2) is 39.7 Å². The van der Waals surface area contributed by atoms with E-state index in [1.807, 2.05) is 18.2 Å². The predicted octanol–water partition coefficient (Wildman–Crippen LogP) is 1.74. The molecule has 1 atom stereocenters. The number of pyridine rings is 1. The fourth-order valence-electron chi connectivity index (χ4n) is 3.76. The Hall–Kier alpha value is -3.03. The Morgan fingerprint density at radius 1 is 1.25 bits per heavy atom. The lowest BCUT2D eigenvalue weighted by atomic mass is 9.86. The van der Waals surface area contributed by atoms with Crippen LogP contribution in [0.3, 0.4) is 0 Å². The fraction of sp³-hybridized carbons (Fsp3) is 0.286. The summed E-state index contributed by atoms with van der Waals surface area (Å²) in [6.07, 6.45) is 5.76. The number of nitrogens with one attached hydrogen (secondary N) is 2. The zero-order chi connectivity index (χ0) is 19.7. The van der Waals surface area contributed by atoms with Crippen LogP contribution in [0.4, 0.5) is 11.5 Å². The molecule has 2 aliphatic rings. The fourth-order valence-corrected chi connectivity index (χ4v) is 3.76. The van der Waals surface area contributed by atoms with Gasteiger partial charge in [-0.25, -0.2) is 4.98 Å². The highest BCUT2D eigenvalue weighted by molar-refractivity contribution is 6.34. The Balaban J connectivity index is 1.74. The lowest BCUT2D eigenvalue weighted by molar-refractivity contribution is -0.125. The summed E-state index contributed by atoms with van der Waals surface area (Å²) in [5.41, 5.74) is 5.05. The van der Waals surface area contributed by atoms with Gasteiger partial charge >= 0.3 is 0 Å². The molecule has 7 heteroatoms. The highest BCUT2D eigenvalue weighted by Crippen LogP contribution is 2.35. The first-order valence-corrected chi connectivity index (χ1v) is 9.31. The van der Waals surface area contributed by atoms with Crippen LogP contribution in [0.2, 0.25) is 0 Å². The number of amides is 2. The summed E-state index contributed by atoms with van der Waals surface area (Å²) in [5.74, 6) is -0.243. The van der Waals surface area contributed by atoms with Gasteiger partial charge in [0, 0.05) is 17.4 Å². The van der Waals surface area contributed by atoms with Crippen molar-refractivity contribution in [1.82, 2.24) is 4.98 Å². The number of benzene rings is 1. The summed E-state index contributed by atoms with van der Waals surface area (Å²) in [7, 11) is 0. The first-order valence-electron chi connectivity index (χ1n) is 9.31. The number of fused-ring (bicyclic) bond motifs is 2. The van der Waals surface area contributed by atoms with E-state index in [0.717, 1.165) is 47.9 Å². The molecule has 0 saturated carbocycles. The molecular weight excluding hydrogens is 358 g/mol. The number of hydrogen-bond acceptors (Lipinski definition) is 5. The van der Waals surface area contributed by atoms with Crippen molar-refractivity contribution >= 4 is 35.0 Å². The number of carbonyl (C=O) groups is 2. The van der Waals surface area contributed by atoms with Crippen LogP contribution in [0.15, 0.2) is 30.5 Å². The van der Waals surface area contributed by atoms with Gasteiger partial charge in [-0.3, -0.25) is 9.59 Å². The average molecular weight is 379 g/mol. The van der Waals surface area contributed by atoms with Gasteiger partial charge in [-0.1, -0.05) is 6.07 Å². The minimum Gasteiger partial charge on any atom is -0.393 e. The van der Waals surface area contributed by atoms with Gasteiger partial charge in [-0.15, -0.1) is 0 Å². The summed E-state index contributed by atoms with van der Waals surface area (Å²) in [5, 5.41) is 24.0. The molecule has 0 bridgehead atoms. The van der Waals surface area contributed by atoms with Crippen molar-refractivity contribution in [2.75, 3.05) is 17.2 Å². The molecule has 2 amide bonds. The molecule has 1 unspecified atom stereocenters. The second-order valence-corrected chi connectivity index (χ2v) is 6.97. The first-order chi connectivity index (χ1) is 13.6. The third-order valence-electron chi connectivity index (χ3n) is 5.18. The number of anilines is 2. The van der Waals surface area contributed by atoms with E-state index >= 15 is 0 Å². The van der Waals surface area contributed by atoms with Crippen molar-refractivity contribution in [2.45, 2.75) is 31.8 Å². The van der Waals surface area contributed by atoms with E-state index < -0.39 is 18.6 Å². The van der Waals surface area contributed by atoms with Gasteiger partial charge in [0.1, 0.15) is 5.82 Å². The zero-order valence-corrected chi connectivity index (χ0v) is 15.2. The highest BCUT2D eigenvalue weighted by Gasteiger charge is 2.26. The number of nitrogens with zero attached hydrogens (tertiary/aromatic N) is 1. The molecule has 28 heavy (non-hydrogen) atoms. The van der Waals surface area contributed by atoms with Crippen molar-refractivity contribution in [3.63, 3.8) is 0 Å². The third-order valence-corrected chi connectivity index (χ3v) is 5.18. The van der Waals surface area contributed by atoms with Crippen molar-refractivity contribution in [2.24, 2.45) is 0 Å². The number of hydrogen-bond donors (Lipinski definition) is 4. The van der Waals surface area contributed by atoms with Crippen LogP contribution < -0.4 is 10.6 Å². The van der Waals surface area contributed by atoms with Gasteiger partial charge in [0.2, 0.25) is 0 Å². The molecule has 2 heterocycles. The smallest absolute Gasteiger partial charge is 0.257 e. The molecule has 0 saturated heterocycles. The van der Waals surface area contributed by atoms with E-state index in [1.165, 1.54) is 0 Å². The van der Waals surface area contributed by atoms with Gasteiger partial charge in [-0.05, 0) is 66.6 Å². The SMILES string of the molecule is O=C1Nc2ncccc2C1=Cc1ccc(NC(=O)C(O)CO)c2c1CCCC2. The normalized spacial score (nSPS) is 17.6. The standard InChI is InChI=1S/C21H21N3O4/c25-11-18(26)21(28)23-17-8-7-12(13-4-1-2-5-14(13)17)10-16-15-6-3-9-22-19(15)24-20(16)27/h3,6-10,18,25-26H,1-2,4-5,11H2,(H,23,28)(H,22,24,27). The molecule has 0 radical (unpaired) electrons. The first kappa shape index (κ1) is 18.3. The number of rotatable bonds is 4. The molecule has 1 aliphatic heterocycles. The van der Waals surface area contributed by atoms with Gasteiger partial charge in [0.15, 0.2) is 6.10 Å².